The molecule has 84 heavy (non-hydrogen) atoms. The van der Waals surface area contributed by atoms with Crippen LogP contribution in [0.3, 0.4) is 0 Å². The van der Waals surface area contributed by atoms with Crippen molar-refractivity contribution in [1.82, 2.24) is 50.4 Å². The van der Waals surface area contributed by atoms with Crippen molar-refractivity contribution in [2.24, 2.45) is 26.3 Å². The van der Waals surface area contributed by atoms with E-state index in [4.69, 9.17) is 29.8 Å². The number of aryl methyl sites for hydroxylation is 2. The normalized spacial score (nSPS) is 11.5. The molecule has 0 unspecified atom stereocenters. The van der Waals surface area contributed by atoms with Gasteiger partial charge in [-0.25, -0.2) is 81.8 Å². The van der Waals surface area contributed by atoms with E-state index >= 15 is 0 Å². The SMILES string of the molecule is NCCCS(N)(=O)=O.NS(=O)(=O)CCCCc1nonc1-c1noc(=O)n1-c1ccc(F)c(Br)c1.NS(=O)(=O)CCCCc1nonc1/C(Cc1ccc(F)c(Br)c1)=N/O.O=c1onc(-c2nonc2[N+](=O)[O-])n1-c1ccc(F)c(Br)c1.[Na+].[OH-]. The predicted octanol–water partition coefficient (Wildman–Crippen LogP) is 0.528. The minimum Gasteiger partial charge on any atom is -0.870 e. The molecule has 0 aliphatic rings. The Balaban J connectivity index is 0.000000307. The molecule has 33 nitrogen and oxygen atoms in total. The van der Waals surface area contributed by atoms with Crippen molar-refractivity contribution in [3.05, 3.63) is 139 Å². The molecule has 3 aromatic carbocycles. The number of oxime groups is 1. The number of benzene rings is 3. The molecule has 0 saturated carbocycles. The maximum absolute atomic E-state index is 13.5. The fraction of sp³-hybridized carbons (Fsp3) is 0.293. The summed E-state index contributed by atoms with van der Waals surface area (Å²) in [4.78, 5) is 33.9. The fourth-order valence-electron chi connectivity index (χ4n) is 6.56. The van der Waals surface area contributed by atoms with E-state index < -0.39 is 75.5 Å². The van der Waals surface area contributed by atoms with Crippen molar-refractivity contribution < 1.29 is 107 Å². The van der Waals surface area contributed by atoms with Gasteiger partial charge in [0.2, 0.25) is 41.7 Å². The second-order valence-electron chi connectivity index (χ2n) is 16.4. The maximum atomic E-state index is 13.5. The van der Waals surface area contributed by atoms with E-state index in [9.17, 15) is 63.3 Å². The molecule has 0 saturated heterocycles. The van der Waals surface area contributed by atoms with Crippen LogP contribution in [0.15, 0.2) is 106 Å². The number of sulfonamides is 3. The summed E-state index contributed by atoms with van der Waals surface area (Å²) in [5, 5.41) is 66.5. The van der Waals surface area contributed by atoms with Gasteiger partial charge in [-0.3, -0.25) is 9.05 Å². The predicted molar refractivity (Wildman–Crippen MR) is 289 cm³/mol. The van der Waals surface area contributed by atoms with Crippen molar-refractivity contribution in [2.75, 3.05) is 23.8 Å². The Kier molecular flexibility index (Phi) is 28.1. The third-order valence-corrected chi connectivity index (χ3v) is 14.7. The van der Waals surface area contributed by atoms with E-state index in [1.165, 1.54) is 36.4 Å². The molecule has 0 fully saturated rings. The van der Waals surface area contributed by atoms with Gasteiger partial charge in [0, 0.05) is 6.42 Å². The van der Waals surface area contributed by atoms with E-state index in [0.717, 1.165) is 15.2 Å². The maximum Gasteiger partial charge on any atom is 1.00 e. The topological polar surface area (TPSA) is 525 Å². The number of nitrogens with zero attached hydrogens (tertiary/aromatic N) is 12. The molecule has 0 aliphatic carbocycles. The molecule has 8 aromatic rings. The number of hydrogen-bond acceptors (Lipinski definition) is 27. The number of nitro groups is 1. The van der Waals surface area contributed by atoms with Crippen molar-refractivity contribution in [1.29, 1.82) is 0 Å². The number of unbranched alkanes of at least 4 members (excludes halogenated alkanes) is 2. The molecule has 5 heterocycles. The molecular weight excluding hydrogens is 1400 g/mol. The first-order valence-corrected chi connectivity index (χ1v) is 30.2. The van der Waals surface area contributed by atoms with Crippen LogP contribution in [0.1, 0.15) is 54.7 Å². The minimum absolute atomic E-state index is 0. The number of rotatable bonds is 21. The summed E-state index contributed by atoms with van der Waals surface area (Å²) in [6, 6.07) is 12.0. The molecule has 0 radical (unpaired) electrons. The number of primary sulfonamides is 3. The molecule has 8 rings (SSSR count). The monoisotopic (exact) mass is 1440 g/mol. The largest absolute Gasteiger partial charge is 1.00 e. The van der Waals surface area contributed by atoms with Gasteiger partial charge in [-0.2, -0.15) is 0 Å². The first-order valence-electron chi connectivity index (χ1n) is 22.7. The fourth-order valence-corrected chi connectivity index (χ4v) is 9.50. The van der Waals surface area contributed by atoms with E-state index in [1.54, 1.807) is 12.1 Å². The van der Waals surface area contributed by atoms with E-state index in [0.29, 0.717) is 78.6 Å². The molecule has 10 N–H and O–H groups in total. The summed E-state index contributed by atoms with van der Waals surface area (Å²) < 4.78 is 130. The van der Waals surface area contributed by atoms with Crippen LogP contribution in [0.25, 0.3) is 34.4 Å². The third kappa shape index (κ3) is 21.6. The summed E-state index contributed by atoms with van der Waals surface area (Å²) in [7, 11) is -10.3. The molecule has 0 bridgehead atoms. The van der Waals surface area contributed by atoms with Crippen LogP contribution in [0.4, 0.5) is 19.0 Å². The van der Waals surface area contributed by atoms with Gasteiger partial charge in [-0.1, -0.05) is 31.8 Å². The second-order valence-corrected chi connectivity index (χ2v) is 24.1. The quantitative estimate of drug-likeness (QED) is 0.0164. The van der Waals surface area contributed by atoms with Crippen LogP contribution in [-0.4, -0.2) is 121 Å². The zero-order valence-electron chi connectivity index (χ0n) is 42.9. The Morgan fingerprint density at radius 2 is 1.05 bits per heavy atom. The van der Waals surface area contributed by atoms with Crippen molar-refractivity contribution in [3.63, 3.8) is 0 Å². The Bertz CT molecular complexity index is 4010. The Morgan fingerprint density at radius 3 is 1.50 bits per heavy atom. The van der Waals surface area contributed by atoms with Crippen molar-refractivity contribution in [2.45, 2.75) is 51.4 Å². The van der Waals surface area contributed by atoms with Crippen LogP contribution in [0.5, 0.6) is 0 Å². The van der Waals surface area contributed by atoms with Crippen LogP contribution in [0.2, 0.25) is 0 Å². The molecule has 0 aliphatic heterocycles. The van der Waals surface area contributed by atoms with Crippen molar-refractivity contribution >= 4 is 89.4 Å². The van der Waals surface area contributed by atoms with Crippen LogP contribution < -0.4 is 62.2 Å². The number of nitrogens with two attached hydrogens (primary N) is 4. The Labute approximate surface area is 517 Å². The van der Waals surface area contributed by atoms with Gasteiger partial charge in [0.1, 0.15) is 34.6 Å². The van der Waals surface area contributed by atoms with E-state index in [2.05, 4.69) is 108 Å². The zero-order chi connectivity index (χ0) is 60.5. The minimum atomic E-state index is -3.54. The van der Waals surface area contributed by atoms with E-state index in [-0.39, 0.29) is 102 Å². The van der Waals surface area contributed by atoms with Gasteiger partial charge in [-0.15, -0.1) is 4.63 Å². The molecule has 43 heteroatoms. The van der Waals surface area contributed by atoms with Crippen molar-refractivity contribution in [3.8, 4) is 34.4 Å². The van der Waals surface area contributed by atoms with Gasteiger partial charge in [-0.05, 0) is 174 Å². The second kappa shape index (κ2) is 32.8. The zero-order valence-corrected chi connectivity index (χ0v) is 52.1. The summed E-state index contributed by atoms with van der Waals surface area (Å²) in [5.41, 5.74) is 7.25. The summed E-state index contributed by atoms with van der Waals surface area (Å²) in [6.07, 6.45) is 2.97. The molecule has 5 aromatic heterocycles. The average Bonchev–Trinajstić information content (AvgIpc) is 2.69. The van der Waals surface area contributed by atoms with Gasteiger partial charge < -0.3 is 26.5 Å². The van der Waals surface area contributed by atoms with Gasteiger partial charge in [0.15, 0.2) is 16.5 Å². The molecule has 450 valence electrons. The first kappa shape index (κ1) is 72.0. The van der Waals surface area contributed by atoms with Gasteiger partial charge in [0.05, 0.1) is 42.1 Å². The molecular formula is C41H43Br3F3N16NaO17S3. The van der Waals surface area contributed by atoms with E-state index in [1.807, 2.05) is 0 Å². The smallest absolute Gasteiger partial charge is 0.870 e. The third-order valence-electron chi connectivity index (χ3n) is 10.3. The van der Waals surface area contributed by atoms with Crippen LogP contribution in [-0.2, 0) is 49.3 Å². The summed E-state index contributed by atoms with van der Waals surface area (Å²) >= 11 is 9.12. The standard InChI is InChI=1S/C14H13BrFN5O5S.C14H16BrFN4O4S.C10H3BrFN5O5.C3H10N2O2S.Na.H2O/c15-9-7-8(4-5-10(9)16)21-13(20-25-14(21)22)12-11(18-26-19-12)3-1-2-6-27(17,23)24;15-10-7-9(4-5-11(10)16)8-13(18-21)14-12(19-24-20-14)3-1-2-6-25(17,22)23;11-5-3-4(1-2-6(5)12)16-8(14-21-10(16)18)7-9(17(19)20)15-22-13-7;4-2-1-3-8(5,6)7;;/h4-5,7H,1-3,6H2,(H2,17,23,24);4-5,7,21H,1-3,6,8H2,(H2,17,22,23);1-3H;1-4H2,(H2,5,6,7);;1H2/q;;;;+1;/p-1/b;18-13+;;;;. The Morgan fingerprint density at radius 1 is 0.619 bits per heavy atom. The van der Waals surface area contributed by atoms with Crippen LogP contribution >= 0.6 is 47.8 Å². The first-order chi connectivity index (χ1) is 38.6. The van der Waals surface area contributed by atoms with Gasteiger partial charge >= 0.3 is 46.9 Å². The van der Waals surface area contributed by atoms with Gasteiger partial charge in [0.25, 0.3) is 5.69 Å². The molecule has 0 atom stereocenters. The number of halogens is 6. The molecule has 0 amide bonds. The summed E-state index contributed by atoms with van der Waals surface area (Å²) in [5.74, 6) is -4.48. The number of aromatic nitrogens is 10. The average molecular weight is 1450 g/mol. The Hall–Kier alpha value is -6.29. The molecule has 0 spiro atoms. The van der Waals surface area contributed by atoms with Crippen LogP contribution in [0, 0.1) is 27.6 Å². The number of hydrogen-bond donors (Lipinski definition) is 5. The summed E-state index contributed by atoms with van der Waals surface area (Å²) in [6.45, 7) is 0.371.